The molecule has 0 radical (unpaired) electrons. The van der Waals surface area contributed by atoms with Gasteiger partial charge < -0.3 is 0 Å². The minimum Gasteiger partial charge on any atom is -0.221 e. The lowest BCUT2D eigenvalue weighted by atomic mass is 10.3. The van der Waals surface area contributed by atoms with Crippen LogP contribution in [0.3, 0.4) is 0 Å². The van der Waals surface area contributed by atoms with E-state index in [0.29, 0.717) is 0 Å². The van der Waals surface area contributed by atoms with E-state index in [1.807, 2.05) is 6.92 Å². The fourth-order valence-electron chi connectivity index (χ4n) is 0.142. The Bertz CT molecular complexity index is 37.9. The van der Waals surface area contributed by atoms with Crippen LogP contribution in [0.1, 0.15) is 20.3 Å². The minimum absolute atomic E-state index is 0.0231. The predicted octanol–water partition coefficient (Wildman–Crippen LogP) is 1.21. The van der Waals surface area contributed by atoms with E-state index in [9.17, 15) is 0 Å². The van der Waals surface area contributed by atoms with Crippen LogP contribution in [0, 0.1) is 0 Å². The topological polar surface area (TPSA) is 38.7 Å². The summed E-state index contributed by atoms with van der Waals surface area (Å²) in [4.78, 5) is 4.25. The van der Waals surface area contributed by atoms with Crippen molar-refractivity contribution in [2.45, 2.75) is 26.4 Å². The van der Waals surface area contributed by atoms with E-state index < -0.39 is 0 Å². The van der Waals surface area contributed by atoms with Gasteiger partial charge in [0.1, 0.15) is 0 Å². The molecule has 0 aromatic rings. The highest BCUT2D eigenvalue weighted by molar-refractivity contribution is 4.37. The molecule has 3 heteroatoms. The van der Waals surface area contributed by atoms with Crippen molar-refractivity contribution in [1.29, 1.82) is 0 Å². The predicted molar refractivity (Wildman–Crippen MR) is 24.6 cm³/mol. The Balaban J connectivity index is 2.83. The number of hydrogen-bond acceptors (Lipinski definition) is 3. The van der Waals surface area contributed by atoms with E-state index in [4.69, 9.17) is 5.26 Å². The summed E-state index contributed by atoms with van der Waals surface area (Å²) < 4.78 is 0. The Morgan fingerprint density at radius 2 is 2.29 bits per heavy atom. The van der Waals surface area contributed by atoms with Gasteiger partial charge in [0.05, 0.1) is 6.10 Å². The molecule has 44 valence electrons. The Morgan fingerprint density at radius 3 is 2.43 bits per heavy atom. The van der Waals surface area contributed by atoms with E-state index in [-0.39, 0.29) is 6.10 Å². The third kappa shape index (κ3) is 3.72. The van der Waals surface area contributed by atoms with E-state index in [1.54, 1.807) is 6.92 Å². The van der Waals surface area contributed by atoms with Crippen LogP contribution >= 0.6 is 0 Å². The average molecular weight is 106 g/mol. The first-order valence-electron chi connectivity index (χ1n) is 2.28. The van der Waals surface area contributed by atoms with Gasteiger partial charge in [0, 0.05) is 0 Å². The van der Waals surface area contributed by atoms with Gasteiger partial charge >= 0.3 is 0 Å². The summed E-state index contributed by atoms with van der Waals surface area (Å²) in [5.74, 6) is 0. The van der Waals surface area contributed by atoms with Crippen molar-refractivity contribution in [1.82, 2.24) is 0 Å². The Hall–Kier alpha value is -0.120. The molecule has 0 spiro atoms. The second-order valence-corrected chi connectivity index (χ2v) is 1.39. The third-order valence-electron chi connectivity index (χ3n) is 0.782. The molecule has 1 atom stereocenters. The van der Waals surface area contributed by atoms with Gasteiger partial charge in [-0.25, -0.2) is 10.1 Å². The standard InChI is InChI=1S/C4H10O3/c1-3-4(2)6-7-5/h4-5H,3H2,1-2H3. The molecule has 0 bridgehead atoms. The van der Waals surface area contributed by atoms with Gasteiger partial charge in [0.2, 0.25) is 0 Å². The van der Waals surface area contributed by atoms with E-state index in [0.717, 1.165) is 6.42 Å². The Labute approximate surface area is 42.7 Å². The van der Waals surface area contributed by atoms with Crippen LogP contribution in [0.4, 0.5) is 0 Å². The summed E-state index contributed by atoms with van der Waals surface area (Å²) in [7, 11) is 0. The molecule has 1 unspecified atom stereocenters. The molecule has 7 heavy (non-hydrogen) atoms. The molecule has 0 aliphatic rings. The van der Waals surface area contributed by atoms with E-state index in [1.165, 1.54) is 0 Å². The number of hydrogen-bond donors (Lipinski definition) is 1. The van der Waals surface area contributed by atoms with Crippen molar-refractivity contribution >= 4 is 0 Å². The highest BCUT2D eigenvalue weighted by Gasteiger charge is 1.95. The van der Waals surface area contributed by atoms with Crippen molar-refractivity contribution in [3.05, 3.63) is 0 Å². The van der Waals surface area contributed by atoms with E-state index >= 15 is 0 Å². The first kappa shape index (κ1) is 6.88. The van der Waals surface area contributed by atoms with Crippen LogP contribution in [0.2, 0.25) is 0 Å². The molecule has 0 saturated carbocycles. The fourth-order valence-corrected chi connectivity index (χ4v) is 0.142. The van der Waals surface area contributed by atoms with Crippen molar-refractivity contribution in [3.63, 3.8) is 0 Å². The van der Waals surface area contributed by atoms with Crippen molar-refractivity contribution in [2.24, 2.45) is 0 Å². The molecule has 0 aromatic carbocycles. The molecule has 1 N–H and O–H groups in total. The number of rotatable bonds is 3. The zero-order valence-electron chi connectivity index (χ0n) is 4.55. The summed E-state index contributed by atoms with van der Waals surface area (Å²) >= 11 is 0. The highest BCUT2D eigenvalue weighted by atomic mass is 17.5. The maximum absolute atomic E-state index is 7.65. The van der Waals surface area contributed by atoms with Gasteiger partial charge in [0.25, 0.3) is 0 Å². The molecule has 0 fully saturated rings. The quantitative estimate of drug-likeness (QED) is 0.434. The molecule has 0 heterocycles. The molecular formula is C4H10O3. The first-order valence-corrected chi connectivity index (χ1v) is 2.28. The van der Waals surface area contributed by atoms with Gasteiger partial charge in [-0.15, -0.1) is 0 Å². The van der Waals surface area contributed by atoms with Crippen LogP contribution < -0.4 is 0 Å². The fraction of sp³-hybridized carbons (Fsp3) is 1.00. The normalized spacial score (nSPS) is 14.1. The maximum atomic E-state index is 7.65. The molecule has 0 aromatic heterocycles. The van der Waals surface area contributed by atoms with Gasteiger partial charge in [0.15, 0.2) is 0 Å². The van der Waals surface area contributed by atoms with Crippen LogP contribution in [-0.2, 0) is 9.93 Å². The largest absolute Gasteiger partial charge is 0.221 e. The monoisotopic (exact) mass is 106 g/mol. The highest BCUT2D eigenvalue weighted by Crippen LogP contribution is 1.93. The lowest BCUT2D eigenvalue weighted by Crippen LogP contribution is -2.04. The summed E-state index contributed by atoms with van der Waals surface area (Å²) in [5.41, 5.74) is 0. The van der Waals surface area contributed by atoms with Gasteiger partial charge in [-0.05, 0) is 13.3 Å². The Kier molecular flexibility index (Phi) is 3.98. The Morgan fingerprint density at radius 1 is 1.71 bits per heavy atom. The van der Waals surface area contributed by atoms with Gasteiger partial charge in [-0.1, -0.05) is 12.0 Å². The lowest BCUT2D eigenvalue weighted by Gasteiger charge is -2.01. The SMILES string of the molecule is CCC(C)OOO. The van der Waals surface area contributed by atoms with Crippen molar-refractivity contribution in [3.8, 4) is 0 Å². The van der Waals surface area contributed by atoms with Crippen molar-refractivity contribution < 1.29 is 15.2 Å². The molecule has 0 amide bonds. The second-order valence-electron chi connectivity index (χ2n) is 1.39. The average Bonchev–Trinajstić information content (AvgIpc) is 1.68. The smallest absolute Gasteiger partial charge is 0.0930 e. The first-order chi connectivity index (χ1) is 3.31. The summed E-state index contributed by atoms with van der Waals surface area (Å²) in [5, 5.41) is 11.0. The summed E-state index contributed by atoms with van der Waals surface area (Å²) in [6, 6.07) is 0. The van der Waals surface area contributed by atoms with Crippen molar-refractivity contribution in [2.75, 3.05) is 0 Å². The molecule has 0 rings (SSSR count). The molecule has 0 aliphatic heterocycles. The molecule has 0 saturated heterocycles. The minimum atomic E-state index is -0.0231. The summed E-state index contributed by atoms with van der Waals surface area (Å²) in [6.07, 6.45) is 0.811. The molecule has 0 aliphatic carbocycles. The van der Waals surface area contributed by atoms with E-state index in [2.05, 4.69) is 9.93 Å². The molecule has 3 nitrogen and oxygen atoms in total. The van der Waals surface area contributed by atoms with Crippen LogP contribution in [0.5, 0.6) is 0 Å². The van der Waals surface area contributed by atoms with Crippen LogP contribution in [-0.4, -0.2) is 11.4 Å². The third-order valence-corrected chi connectivity index (χ3v) is 0.782. The lowest BCUT2D eigenvalue weighted by molar-refractivity contribution is -0.504. The van der Waals surface area contributed by atoms with Crippen LogP contribution in [0.25, 0.3) is 0 Å². The van der Waals surface area contributed by atoms with Gasteiger partial charge in [-0.2, -0.15) is 0 Å². The zero-order chi connectivity index (χ0) is 5.70. The second kappa shape index (κ2) is 4.05. The zero-order valence-corrected chi connectivity index (χ0v) is 4.55. The summed E-state index contributed by atoms with van der Waals surface area (Å²) in [6.45, 7) is 3.74. The molecular weight excluding hydrogens is 96.0 g/mol. The van der Waals surface area contributed by atoms with Gasteiger partial charge in [-0.3, -0.25) is 0 Å². The maximum Gasteiger partial charge on any atom is 0.0930 e. The van der Waals surface area contributed by atoms with Crippen LogP contribution in [0.15, 0.2) is 0 Å².